The number of rotatable bonds is 7. The molecule has 7 rings (SSSR count). The van der Waals surface area contributed by atoms with Gasteiger partial charge in [0.25, 0.3) is 5.56 Å². The molecule has 0 amide bonds. The first kappa shape index (κ1) is 29.4. The lowest BCUT2D eigenvalue weighted by atomic mass is 9.83. The number of methoxy groups -OCH3 is 2. The van der Waals surface area contributed by atoms with Crippen molar-refractivity contribution in [2.45, 2.75) is 25.5 Å². The van der Waals surface area contributed by atoms with Crippen LogP contribution < -0.4 is 29.1 Å². The van der Waals surface area contributed by atoms with Gasteiger partial charge in [-0.25, -0.2) is 4.99 Å². The fourth-order valence-electron chi connectivity index (χ4n) is 5.96. The van der Waals surface area contributed by atoms with Crippen molar-refractivity contribution in [2.24, 2.45) is 4.99 Å². The molecular weight excluding hydrogens is 627 g/mol. The van der Waals surface area contributed by atoms with Crippen LogP contribution in [0.5, 0.6) is 17.2 Å². The zero-order chi connectivity index (χ0) is 31.1. The molecule has 1 aliphatic carbocycles. The molecule has 5 aromatic rings. The molecule has 0 spiro atoms. The maximum Gasteiger partial charge on any atom is 0.271 e. The molecule has 1 atom stereocenters. The second-order valence-corrected chi connectivity index (χ2v) is 12.7. The molecule has 0 unspecified atom stereocenters. The van der Waals surface area contributed by atoms with Crippen molar-refractivity contribution in [3.05, 3.63) is 148 Å². The number of halogens is 2. The number of fused-ring (bicyclic) bond motifs is 3. The van der Waals surface area contributed by atoms with Crippen molar-refractivity contribution in [1.82, 2.24) is 4.57 Å². The molecule has 226 valence electrons. The molecule has 6 nitrogen and oxygen atoms in total. The highest BCUT2D eigenvalue weighted by Crippen LogP contribution is 2.42. The van der Waals surface area contributed by atoms with Crippen molar-refractivity contribution in [3.63, 3.8) is 0 Å². The highest BCUT2D eigenvalue weighted by molar-refractivity contribution is 7.07. The second kappa shape index (κ2) is 12.2. The Morgan fingerprint density at radius 1 is 0.933 bits per heavy atom. The summed E-state index contributed by atoms with van der Waals surface area (Å²) in [6.07, 6.45) is 3.60. The van der Waals surface area contributed by atoms with Crippen molar-refractivity contribution >= 4 is 46.3 Å². The van der Waals surface area contributed by atoms with Crippen LogP contribution in [0.15, 0.2) is 100 Å². The SMILES string of the molecule is COc1ccc([C@@H]2C3=C(N=c4s/c(=C/c5ccc(OCc6ccc(Cl)cc6Cl)cc5)c(=O)n42)c2ccccc2CC3)cc1OC. The summed E-state index contributed by atoms with van der Waals surface area (Å²) >= 11 is 13.7. The van der Waals surface area contributed by atoms with Gasteiger partial charge in [0.15, 0.2) is 16.3 Å². The van der Waals surface area contributed by atoms with Crippen LogP contribution in [0.4, 0.5) is 0 Å². The van der Waals surface area contributed by atoms with Gasteiger partial charge in [-0.2, -0.15) is 0 Å². The molecule has 2 heterocycles. The Balaban J connectivity index is 1.28. The van der Waals surface area contributed by atoms with Gasteiger partial charge in [-0.05, 0) is 77.6 Å². The van der Waals surface area contributed by atoms with Crippen molar-refractivity contribution < 1.29 is 14.2 Å². The molecule has 0 bridgehead atoms. The topological polar surface area (TPSA) is 62.0 Å². The average Bonchev–Trinajstić information content (AvgIpc) is 3.37. The molecule has 1 aliphatic heterocycles. The predicted molar refractivity (Wildman–Crippen MR) is 180 cm³/mol. The molecular formula is C36H28Cl2N2O4S. The lowest BCUT2D eigenvalue weighted by molar-refractivity contribution is 0.306. The van der Waals surface area contributed by atoms with Crippen molar-refractivity contribution in [2.75, 3.05) is 14.2 Å². The Hall–Kier alpha value is -4.30. The standard InChI is InChI=1S/C36H28Cl2N2O4S/c1-42-30-16-11-23(18-31(30)43-2)34-28-15-10-22-5-3-4-6-27(22)33(28)39-36-40(34)35(41)32(45-36)17-21-7-13-26(14-8-21)44-20-24-9-12-25(37)19-29(24)38/h3-9,11-14,16-19,34H,10,15,20H2,1-2H3/b32-17+/t34-/m1/s1. The maximum atomic E-state index is 14.1. The van der Waals surface area contributed by atoms with E-state index in [0.717, 1.165) is 46.4 Å². The Kier molecular flexibility index (Phi) is 8.00. The number of allylic oxidation sites excluding steroid dienone is 1. The van der Waals surface area contributed by atoms with E-state index >= 15 is 0 Å². The Morgan fingerprint density at radius 2 is 1.73 bits per heavy atom. The third kappa shape index (κ3) is 5.56. The minimum absolute atomic E-state index is 0.0818. The van der Waals surface area contributed by atoms with Gasteiger partial charge in [-0.15, -0.1) is 0 Å². The Morgan fingerprint density at radius 3 is 2.51 bits per heavy atom. The van der Waals surface area contributed by atoms with E-state index < -0.39 is 0 Å². The minimum atomic E-state index is -0.318. The molecule has 0 radical (unpaired) electrons. The quantitative estimate of drug-likeness (QED) is 0.186. The first-order valence-corrected chi connectivity index (χ1v) is 16.0. The van der Waals surface area contributed by atoms with Crippen LogP contribution in [0, 0.1) is 0 Å². The molecule has 45 heavy (non-hydrogen) atoms. The molecule has 2 aliphatic rings. The number of ether oxygens (including phenoxy) is 3. The summed E-state index contributed by atoms with van der Waals surface area (Å²) in [5, 5.41) is 1.14. The molecule has 0 N–H and O–H groups in total. The highest BCUT2D eigenvalue weighted by Gasteiger charge is 2.33. The number of benzene rings is 4. The molecule has 1 aromatic heterocycles. The fraction of sp³-hybridized carbons (Fsp3) is 0.167. The van der Waals surface area contributed by atoms with Gasteiger partial charge in [-0.1, -0.05) is 83.1 Å². The van der Waals surface area contributed by atoms with Crippen molar-refractivity contribution in [1.29, 1.82) is 0 Å². The van der Waals surface area contributed by atoms with E-state index in [0.29, 0.717) is 43.2 Å². The lowest BCUT2D eigenvalue weighted by Gasteiger charge is -2.31. The Labute approximate surface area is 274 Å². The average molecular weight is 656 g/mol. The second-order valence-electron chi connectivity index (χ2n) is 10.8. The molecule has 0 saturated carbocycles. The molecule has 4 aromatic carbocycles. The monoisotopic (exact) mass is 654 g/mol. The summed E-state index contributed by atoms with van der Waals surface area (Å²) in [6, 6.07) is 26.9. The van der Waals surface area contributed by atoms with E-state index in [1.54, 1.807) is 26.4 Å². The molecule has 9 heteroatoms. The van der Waals surface area contributed by atoms with Gasteiger partial charge < -0.3 is 14.2 Å². The zero-order valence-corrected chi connectivity index (χ0v) is 26.9. The summed E-state index contributed by atoms with van der Waals surface area (Å²) in [4.78, 5) is 19.9. The number of nitrogens with zero attached hydrogens (tertiary/aromatic N) is 2. The summed E-state index contributed by atoms with van der Waals surface area (Å²) < 4.78 is 19.5. The number of hydrogen-bond donors (Lipinski definition) is 0. The van der Waals surface area contributed by atoms with E-state index in [4.69, 9.17) is 42.4 Å². The number of aryl methyl sites for hydroxylation is 1. The minimum Gasteiger partial charge on any atom is -0.493 e. The molecule has 0 fully saturated rings. The van der Waals surface area contributed by atoms with Gasteiger partial charge in [0, 0.05) is 21.2 Å². The van der Waals surface area contributed by atoms with Crippen molar-refractivity contribution in [3.8, 4) is 17.2 Å². The maximum absolute atomic E-state index is 14.1. The predicted octanol–water partition coefficient (Wildman–Crippen LogP) is 7.22. The summed E-state index contributed by atoms with van der Waals surface area (Å²) in [6.45, 7) is 0.317. The third-order valence-corrected chi connectivity index (χ3v) is 9.75. The van der Waals surface area contributed by atoms with Gasteiger partial charge >= 0.3 is 0 Å². The van der Waals surface area contributed by atoms with Crippen LogP contribution in [0.2, 0.25) is 10.0 Å². The van der Waals surface area contributed by atoms with Crippen LogP contribution in [-0.4, -0.2) is 18.8 Å². The fourth-order valence-corrected chi connectivity index (χ4v) is 7.42. The number of hydrogen-bond acceptors (Lipinski definition) is 6. The number of thiazole rings is 1. The summed E-state index contributed by atoms with van der Waals surface area (Å²) in [7, 11) is 3.24. The van der Waals surface area contributed by atoms with Gasteiger partial charge in [0.1, 0.15) is 12.4 Å². The van der Waals surface area contributed by atoms with Gasteiger partial charge in [0.2, 0.25) is 0 Å². The van der Waals surface area contributed by atoms with Gasteiger partial charge in [-0.3, -0.25) is 9.36 Å². The first-order valence-electron chi connectivity index (χ1n) is 14.5. The highest BCUT2D eigenvalue weighted by atomic mass is 35.5. The normalized spacial score (nSPS) is 15.6. The zero-order valence-electron chi connectivity index (χ0n) is 24.6. The van der Waals surface area contributed by atoms with Crippen LogP contribution in [0.1, 0.15) is 40.3 Å². The van der Waals surface area contributed by atoms with Crippen LogP contribution in [0.25, 0.3) is 11.8 Å². The van der Waals surface area contributed by atoms with E-state index in [1.165, 1.54) is 16.9 Å². The summed E-state index contributed by atoms with van der Waals surface area (Å²) in [5.41, 5.74) is 7.07. The van der Waals surface area contributed by atoms with E-state index in [9.17, 15) is 4.79 Å². The lowest BCUT2D eigenvalue weighted by Crippen LogP contribution is -2.38. The van der Waals surface area contributed by atoms with E-state index in [2.05, 4.69) is 18.2 Å². The smallest absolute Gasteiger partial charge is 0.271 e. The van der Waals surface area contributed by atoms with E-state index in [-0.39, 0.29) is 11.6 Å². The summed E-state index contributed by atoms with van der Waals surface area (Å²) in [5.74, 6) is 1.95. The van der Waals surface area contributed by atoms with Crippen LogP contribution in [-0.2, 0) is 13.0 Å². The van der Waals surface area contributed by atoms with Crippen LogP contribution >= 0.6 is 34.5 Å². The van der Waals surface area contributed by atoms with Gasteiger partial charge in [0.05, 0.1) is 30.5 Å². The number of aromatic nitrogens is 1. The third-order valence-electron chi connectivity index (χ3n) is 8.18. The largest absolute Gasteiger partial charge is 0.493 e. The van der Waals surface area contributed by atoms with E-state index in [1.807, 2.05) is 65.2 Å². The molecule has 0 saturated heterocycles. The first-order chi connectivity index (χ1) is 21.9. The Bertz CT molecular complexity index is 2150. The van der Waals surface area contributed by atoms with Crippen LogP contribution in [0.3, 0.4) is 0 Å².